The van der Waals surface area contributed by atoms with Crippen LogP contribution in [-0.2, 0) is 5.72 Å². The van der Waals surface area contributed by atoms with Crippen molar-refractivity contribution in [2.75, 3.05) is 30.3 Å². The van der Waals surface area contributed by atoms with Crippen molar-refractivity contribution < 1.29 is 14.4 Å². The lowest BCUT2D eigenvalue weighted by atomic mass is 10.0. The largest absolute Gasteiger partial charge is 0.489 e. The minimum absolute atomic E-state index is 0.459. The van der Waals surface area contributed by atoms with E-state index in [0.29, 0.717) is 18.2 Å². The van der Waals surface area contributed by atoms with E-state index in [1.165, 1.54) is 0 Å². The van der Waals surface area contributed by atoms with E-state index in [0.717, 1.165) is 40.9 Å². The summed E-state index contributed by atoms with van der Waals surface area (Å²) >= 11 is 7.84. The SMILES string of the molecule is CCOc1ccccc1N1C[C@@](O)(c2ccc(Cl)cc2)[N+]2=C1SCCC2. The first-order valence-electron chi connectivity index (χ1n) is 8.88. The lowest BCUT2D eigenvalue weighted by Crippen LogP contribution is -2.41. The van der Waals surface area contributed by atoms with Gasteiger partial charge in [0.1, 0.15) is 0 Å². The maximum atomic E-state index is 11.7. The number of halogens is 1. The van der Waals surface area contributed by atoms with Crippen molar-refractivity contribution >= 4 is 34.2 Å². The Labute approximate surface area is 163 Å². The van der Waals surface area contributed by atoms with Crippen LogP contribution in [0.5, 0.6) is 5.75 Å². The van der Waals surface area contributed by atoms with Crippen LogP contribution in [0.2, 0.25) is 5.02 Å². The van der Waals surface area contributed by atoms with Crippen LogP contribution in [0.1, 0.15) is 18.9 Å². The molecule has 6 heteroatoms. The third kappa shape index (κ3) is 2.98. The number of benzene rings is 2. The highest BCUT2D eigenvalue weighted by atomic mass is 35.5. The van der Waals surface area contributed by atoms with Crippen LogP contribution < -0.4 is 9.64 Å². The fraction of sp³-hybridized carbons (Fsp3) is 0.350. The van der Waals surface area contributed by atoms with Gasteiger partial charge in [0.25, 0.3) is 5.72 Å². The first-order valence-corrected chi connectivity index (χ1v) is 10.2. The van der Waals surface area contributed by atoms with Crippen molar-refractivity contribution in [3.63, 3.8) is 0 Å². The Morgan fingerprint density at radius 2 is 2.00 bits per heavy atom. The molecular weight excluding hydrogens is 368 g/mol. The van der Waals surface area contributed by atoms with E-state index in [9.17, 15) is 5.11 Å². The molecule has 0 fully saturated rings. The molecule has 0 aliphatic carbocycles. The fourth-order valence-electron chi connectivity index (χ4n) is 3.61. The van der Waals surface area contributed by atoms with Crippen molar-refractivity contribution in [1.82, 2.24) is 0 Å². The van der Waals surface area contributed by atoms with Crippen molar-refractivity contribution in [1.29, 1.82) is 0 Å². The number of para-hydroxylation sites is 2. The zero-order valence-electron chi connectivity index (χ0n) is 14.7. The first-order chi connectivity index (χ1) is 12.6. The Bertz CT molecular complexity index is 840. The number of hydrogen-bond donors (Lipinski definition) is 1. The summed E-state index contributed by atoms with van der Waals surface area (Å²) in [6.07, 6.45) is 1.05. The normalized spacial score (nSPS) is 22.5. The molecule has 0 saturated heterocycles. The Morgan fingerprint density at radius 1 is 1.23 bits per heavy atom. The Hall–Kier alpha value is -1.69. The number of β-amino-alcohol motifs (C(OH)–C–C–N with tert-alkyl or cyclic N) is 1. The molecule has 0 spiro atoms. The molecule has 26 heavy (non-hydrogen) atoms. The van der Waals surface area contributed by atoms with Gasteiger partial charge in [-0.25, -0.2) is 9.48 Å². The van der Waals surface area contributed by atoms with Gasteiger partial charge in [-0.3, -0.25) is 0 Å². The van der Waals surface area contributed by atoms with Gasteiger partial charge in [-0.15, -0.1) is 0 Å². The summed E-state index contributed by atoms with van der Waals surface area (Å²) < 4.78 is 7.96. The van der Waals surface area contributed by atoms with E-state index in [1.807, 2.05) is 49.4 Å². The molecule has 2 heterocycles. The molecular formula is C20H22ClN2O2S+. The minimum Gasteiger partial charge on any atom is -0.489 e. The van der Waals surface area contributed by atoms with Crippen LogP contribution in [0.15, 0.2) is 48.5 Å². The van der Waals surface area contributed by atoms with Crippen molar-refractivity contribution in [2.24, 2.45) is 0 Å². The summed E-state index contributed by atoms with van der Waals surface area (Å²) in [5.74, 6) is 1.89. The second kappa shape index (κ2) is 7.14. The summed E-state index contributed by atoms with van der Waals surface area (Å²) in [5, 5.41) is 13.4. The van der Waals surface area contributed by atoms with Crippen LogP contribution in [0.3, 0.4) is 0 Å². The summed E-state index contributed by atoms with van der Waals surface area (Å²) in [6.45, 7) is 3.88. The standard InChI is InChI=1S/C20H22ClN2O2S/c1-2-25-18-7-4-3-6-17(18)22-14-20(24,15-8-10-16(21)11-9-15)23-12-5-13-26-19(22)23/h3-4,6-11,24H,2,5,12-14H2,1H3/q+1/t20-/m1/s1. The molecule has 2 aromatic rings. The van der Waals surface area contributed by atoms with Crippen molar-refractivity contribution in [3.8, 4) is 5.75 Å². The van der Waals surface area contributed by atoms with E-state index in [-0.39, 0.29) is 0 Å². The highest BCUT2D eigenvalue weighted by Crippen LogP contribution is 2.40. The molecule has 1 N–H and O–H groups in total. The number of aliphatic hydroxyl groups is 1. The van der Waals surface area contributed by atoms with Gasteiger partial charge in [0.15, 0.2) is 18.0 Å². The molecule has 0 amide bonds. The van der Waals surface area contributed by atoms with Gasteiger partial charge in [0.2, 0.25) is 0 Å². The summed E-state index contributed by atoms with van der Waals surface area (Å²) in [7, 11) is 0. The van der Waals surface area contributed by atoms with Gasteiger partial charge < -0.3 is 9.84 Å². The van der Waals surface area contributed by atoms with Crippen molar-refractivity contribution in [3.05, 3.63) is 59.1 Å². The van der Waals surface area contributed by atoms with Crippen LogP contribution in [0.4, 0.5) is 5.69 Å². The zero-order valence-corrected chi connectivity index (χ0v) is 16.3. The number of nitrogens with zero attached hydrogens (tertiary/aromatic N) is 2. The number of amidine groups is 1. The molecule has 0 radical (unpaired) electrons. The average molecular weight is 390 g/mol. The van der Waals surface area contributed by atoms with E-state index in [4.69, 9.17) is 16.3 Å². The molecule has 0 aromatic heterocycles. The van der Waals surface area contributed by atoms with Gasteiger partial charge in [-0.1, -0.05) is 35.9 Å². The second-order valence-electron chi connectivity index (χ2n) is 6.45. The number of thioether (sulfide) groups is 1. The predicted octanol–water partition coefficient (Wildman–Crippen LogP) is 3.91. The lowest BCUT2D eigenvalue weighted by Gasteiger charge is -2.24. The lowest BCUT2D eigenvalue weighted by molar-refractivity contribution is -0.656. The third-order valence-corrected chi connectivity index (χ3v) is 6.25. The number of rotatable bonds is 4. The molecule has 0 bridgehead atoms. The topological polar surface area (TPSA) is 35.7 Å². The maximum Gasteiger partial charge on any atom is 0.316 e. The number of hydrogen-bond acceptors (Lipinski definition) is 4. The van der Waals surface area contributed by atoms with Gasteiger partial charge in [0.05, 0.1) is 13.2 Å². The maximum absolute atomic E-state index is 11.7. The van der Waals surface area contributed by atoms with Gasteiger partial charge in [-0.05, 0) is 49.4 Å². The van der Waals surface area contributed by atoms with E-state index < -0.39 is 5.72 Å². The predicted molar refractivity (Wildman–Crippen MR) is 108 cm³/mol. The van der Waals surface area contributed by atoms with Gasteiger partial charge in [-0.2, -0.15) is 0 Å². The number of anilines is 1. The second-order valence-corrected chi connectivity index (χ2v) is 7.95. The number of ether oxygens (including phenoxy) is 1. The summed E-state index contributed by atoms with van der Waals surface area (Å²) in [5.41, 5.74) is 0.777. The van der Waals surface area contributed by atoms with Crippen molar-refractivity contribution in [2.45, 2.75) is 19.1 Å². The molecule has 2 aliphatic rings. The highest BCUT2D eigenvalue weighted by Gasteiger charge is 2.53. The first kappa shape index (κ1) is 17.7. The quantitative estimate of drug-likeness (QED) is 0.804. The smallest absolute Gasteiger partial charge is 0.316 e. The van der Waals surface area contributed by atoms with Crippen LogP contribution in [0, 0.1) is 0 Å². The highest BCUT2D eigenvalue weighted by molar-refractivity contribution is 8.13. The van der Waals surface area contributed by atoms with E-state index >= 15 is 0 Å². The fourth-order valence-corrected chi connectivity index (χ4v) is 4.91. The average Bonchev–Trinajstić information content (AvgIpc) is 2.97. The van der Waals surface area contributed by atoms with Crippen LogP contribution in [0.25, 0.3) is 0 Å². The zero-order chi connectivity index (χ0) is 18.1. The molecule has 0 saturated carbocycles. The molecule has 136 valence electrons. The van der Waals surface area contributed by atoms with Crippen LogP contribution in [-0.4, -0.2) is 40.3 Å². The minimum atomic E-state index is -1.08. The molecule has 1 atom stereocenters. The summed E-state index contributed by atoms with van der Waals surface area (Å²) in [6, 6.07) is 15.5. The third-order valence-electron chi connectivity index (χ3n) is 4.81. The Kier molecular flexibility index (Phi) is 4.86. The van der Waals surface area contributed by atoms with Crippen LogP contribution >= 0.6 is 23.4 Å². The van der Waals surface area contributed by atoms with Gasteiger partial charge >= 0.3 is 5.17 Å². The van der Waals surface area contributed by atoms with Gasteiger partial charge in [0, 0.05) is 16.3 Å². The van der Waals surface area contributed by atoms with E-state index in [2.05, 4.69) is 15.5 Å². The Morgan fingerprint density at radius 3 is 2.77 bits per heavy atom. The molecule has 2 aliphatic heterocycles. The molecule has 4 nitrogen and oxygen atoms in total. The molecule has 4 rings (SSSR count). The monoisotopic (exact) mass is 389 g/mol. The molecule has 2 aromatic carbocycles. The molecule has 0 unspecified atom stereocenters. The Balaban J connectivity index is 1.79. The summed E-state index contributed by atoms with van der Waals surface area (Å²) in [4.78, 5) is 2.18. The van der Waals surface area contributed by atoms with E-state index in [1.54, 1.807) is 11.8 Å².